The Morgan fingerprint density at radius 1 is 1.29 bits per heavy atom. The van der Waals surface area contributed by atoms with Crippen LogP contribution in [0.2, 0.25) is 0 Å². The molecule has 0 aliphatic heterocycles. The van der Waals surface area contributed by atoms with Crippen molar-refractivity contribution in [2.75, 3.05) is 0 Å². The molecule has 0 unspecified atom stereocenters. The quantitative estimate of drug-likeness (QED) is 0.703. The Morgan fingerprint density at radius 3 is 2.14 bits per heavy atom. The molecule has 0 N–H and O–H groups in total. The molecule has 0 fully saturated rings. The maximum Gasteiger partial charge on any atom is 0.124 e. The molecule has 3 nitrogen and oxygen atoms in total. The fraction of sp³-hybridized carbons (Fsp3) is 0.200. The van der Waals surface area contributed by atoms with Crippen molar-refractivity contribution >= 4 is 15.7 Å². The van der Waals surface area contributed by atoms with Crippen molar-refractivity contribution in [1.29, 1.82) is 0 Å². The van der Waals surface area contributed by atoms with Crippen LogP contribution in [0.1, 0.15) is 19.4 Å². The van der Waals surface area contributed by atoms with E-state index in [1.54, 1.807) is 12.1 Å². The smallest absolute Gasteiger partial charge is 0.124 e. The molecule has 0 aromatic heterocycles. The summed E-state index contributed by atoms with van der Waals surface area (Å²) in [6.45, 7) is 3.81. The number of allylic oxidation sites excluding steroid dienone is 2. The van der Waals surface area contributed by atoms with Crippen LogP contribution in [0.25, 0.3) is 5.57 Å². The van der Waals surface area contributed by atoms with Gasteiger partial charge >= 0.3 is 0 Å². The summed E-state index contributed by atoms with van der Waals surface area (Å²) in [6.07, 6.45) is 1.92. The lowest BCUT2D eigenvalue weighted by Crippen LogP contribution is -1.97. The fourth-order valence-corrected chi connectivity index (χ4v) is 1.52. The molecule has 0 radical (unpaired) electrons. The molecule has 1 aromatic carbocycles. The van der Waals surface area contributed by atoms with Gasteiger partial charge in [0.1, 0.15) is 10.1 Å². The van der Waals surface area contributed by atoms with Gasteiger partial charge in [0.15, 0.2) is 0 Å². The molecule has 0 saturated carbocycles. The summed E-state index contributed by atoms with van der Waals surface area (Å²) in [4.78, 5) is -0.190. The SMILES string of the molecule is C/C=C(/C)c1ccc(S(=O)(=O)[O-])cc1. The summed E-state index contributed by atoms with van der Waals surface area (Å²) in [5.41, 5.74) is 1.96. The van der Waals surface area contributed by atoms with E-state index in [1.165, 1.54) is 12.1 Å². The molecule has 0 aliphatic rings. The van der Waals surface area contributed by atoms with Crippen molar-refractivity contribution in [3.05, 3.63) is 35.9 Å². The molecule has 0 saturated heterocycles. The van der Waals surface area contributed by atoms with Crippen LogP contribution in [0.3, 0.4) is 0 Å². The molecule has 0 atom stereocenters. The monoisotopic (exact) mass is 211 g/mol. The van der Waals surface area contributed by atoms with Crippen molar-refractivity contribution < 1.29 is 13.0 Å². The normalized spacial score (nSPS) is 12.9. The van der Waals surface area contributed by atoms with Gasteiger partial charge < -0.3 is 4.55 Å². The summed E-state index contributed by atoms with van der Waals surface area (Å²) in [7, 11) is -4.32. The third-order valence-electron chi connectivity index (χ3n) is 2.03. The number of rotatable bonds is 2. The maximum atomic E-state index is 10.6. The molecule has 0 aliphatic carbocycles. The fourth-order valence-electron chi connectivity index (χ4n) is 1.05. The molecule has 76 valence electrons. The summed E-state index contributed by atoms with van der Waals surface area (Å²) < 4.78 is 31.8. The van der Waals surface area contributed by atoms with E-state index in [2.05, 4.69) is 0 Å². The van der Waals surface area contributed by atoms with E-state index in [9.17, 15) is 13.0 Å². The lowest BCUT2D eigenvalue weighted by atomic mass is 10.1. The first-order valence-electron chi connectivity index (χ1n) is 4.14. The van der Waals surface area contributed by atoms with Gasteiger partial charge in [-0.1, -0.05) is 18.2 Å². The van der Waals surface area contributed by atoms with Crippen LogP contribution in [0.5, 0.6) is 0 Å². The molecule has 0 bridgehead atoms. The first-order chi connectivity index (χ1) is 6.45. The Morgan fingerprint density at radius 2 is 1.79 bits per heavy atom. The van der Waals surface area contributed by atoms with Crippen molar-refractivity contribution in [1.82, 2.24) is 0 Å². The maximum absolute atomic E-state index is 10.6. The second kappa shape index (κ2) is 3.94. The van der Waals surface area contributed by atoms with Crippen molar-refractivity contribution in [2.45, 2.75) is 18.7 Å². The van der Waals surface area contributed by atoms with E-state index in [1.807, 2.05) is 19.9 Å². The van der Waals surface area contributed by atoms with Crippen LogP contribution in [-0.2, 0) is 10.1 Å². The van der Waals surface area contributed by atoms with E-state index in [-0.39, 0.29) is 4.90 Å². The second-order valence-electron chi connectivity index (χ2n) is 2.95. The average Bonchev–Trinajstić information content (AvgIpc) is 2.15. The second-order valence-corrected chi connectivity index (χ2v) is 4.33. The van der Waals surface area contributed by atoms with Crippen LogP contribution in [-0.4, -0.2) is 13.0 Å². The highest BCUT2D eigenvalue weighted by Crippen LogP contribution is 2.16. The standard InChI is InChI=1S/C10H12O3S/c1-3-8(2)9-4-6-10(7-5-9)14(11,12)13/h3-7H,1-2H3,(H,11,12,13)/p-1/b8-3-. The Kier molecular flexibility index (Phi) is 3.08. The first-order valence-corrected chi connectivity index (χ1v) is 5.55. The van der Waals surface area contributed by atoms with Gasteiger partial charge in [-0.3, -0.25) is 0 Å². The lowest BCUT2D eigenvalue weighted by molar-refractivity contribution is 0.463. The Labute approximate surface area is 83.8 Å². The highest BCUT2D eigenvalue weighted by Gasteiger charge is 2.00. The minimum Gasteiger partial charge on any atom is -0.744 e. The first kappa shape index (κ1) is 10.9. The van der Waals surface area contributed by atoms with E-state index < -0.39 is 10.1 Å². The molecule has 4 heteroatoms. The molecule has 1 rings (SSSR count). The van der Waals surface area contributed by atoms with Gasteiger partial charge in [-0.15, -0.1) is 0 Å². The van der Waals surface area contributed by atoms with Crippen LogP contribution in [0.15, 0.2) is 35.2 Å². The Hall–Kier alpha value is -1.13. The van der Waals surface area contributed by atoms with Gasteiger partial charge in [0.05, 0.1) is 4.90 Å². The van der Waals surface area contributed by atoms with Gasteiger partial charge in [0.2, 0.25) is 0 Å². The molecular formula is C10H11O3S-. The summed E-state index contributed by atoms with van der Waals surface area (Å²) >= 11 is 0. The van der Waals surface area contributed by atoms with E-state index in [4.69, 9.17) is 0 Å². The Balaban J connectivity index is 3.14. The zero-order valence-corrected chi connectivity index (χ0v) is 8.84. The number of benzene rings is 1. The zero-order chi connectivity index (χ0) is 10.8. The van der Waals surface area contributed by atoms with Crippen LogP contribution in [0.4, 0.5) is 0 Å². The van der Waals surface area contributed by atoms with Crippen molar-refractivity contribution in [2.24, 2.45) is 0 Å². The topological polar surface area (TPSA) is 57.2 Å². The minimum absolute atomic E-state index is 0.190. The summed E-state index contributed by atoms with van der Waals surface area (Å²) in [5.74, 6) is 0. The minimum atomic E-state index is -4.32. The largest absolute Gasteiger partial charge is 0.744 e. The number of hydrogen-bond acceptors (Lipinski definition) is 3. The predicted octanol–water partition coefficient (Wildman–Crippen LogP) is 2.01. The molecule has 0 amide bonds. The molecule has 0 heterocycles. The lowest BCUT2D eigenvalue weighted by Gasteiger charge is -2.07. The van der Waals surface area contributed by atoms with E-state index in [0.717, 1.165) is 11.1 Å². The molecule has 1 aromatic rings. The van der Waals surface area contributed by atoms with Gasteiger partial charge in [-0.2, -0.15) is 0 Å². The summed E-state index contributed by atoms with van der Waals surface area (Å²) in [5, 5.41) is 0. The average molecular weight is 211 g/mol. The van der Waals surface area contributed by atoms with Crippen LogP contribution < -0.4 is 0 Å². The molecule has 14 heavy (non-hydrogen) atoms. The third kappa shape index (κ3) is 2.43. The van der Waals surface area contributed by atoms with Crippen molar-refractivity contribution in [3.63, 3.8) is 0 Å². The highest BCUT2D eigenvalue weighted by atomic mass is 32.2. The van der Waals surface area contributed by atoms with Gasteiger partial charge in [0.25, 0.3) is 0 Å². The predicted molar refractivity (Wildman–Crippen MR) is 53.7 cm³/mol. The zero-order valence-electron chi connectivity index (χ0n) is 8.02. The summed E-state index contributed by atoms with van der Waals surface area (Å²) in [6, 6.07) is 5.90. The van der Waals surface area contributed by atoms with Gasteiger partial charge in [0, 0.05) is 0 Å². The van der Waals surface area contributed by atoms with Gasteiger partial charge in [-0.25, -0.2) is 8.42 Å². The third-order valence-corrected chi connectivity index (χ3v) is 2.88. The number of hydrogen-bond donors (Lipinski definition) is 0. The highest BCUT2D eigenvalue weighted by molar-refractivity contribution is 7.85. The molecular weight excluding hydrogens is 200 g/mol. The van der Waals surface area contributed by atoms with E-state index >= 15 is 0 Å². The Bertz CT molecular complexity index is 441. The van der Waals surface area contributed by atoms with Crippen LogP contribution >= 0.6 is 0 Å². The van der Waals surface area contributed by atoms with E-state index in [0.29, 0.717) is 0 Å². The molecule has 0 spiro atoms. The van der Waals surface area contributed by atoms with Gasteiger partial charge in [-0.05, 0) is 37.1 Å². The van der Waals surface area contributed by atoms with Crippen molar-refractivity contribution in [3.8, 4) is 0 Å². The van der Waals surface area contributed by atoms with Crippen LogP contribution in [0, 0.1) is 0 Å².